The Kier molecular flexibility index (Phi) is 7.20. The van der Waals surface area contributed by atoms with Crippen molar-refractivity contribution in [1.29, 1.82) is 0 Å². The normalized spacial score (nSPS) is 15.8. The number of rotatable bonds is 9. The highest BCUT2D eigenvalue weighted by atomic mass is 32.2. The number of methoxy groups -OCH3 is 5. The van der Waals surface area contributed by atoms with Crippen molar-refractivity contribution in [3.8, 4) is 28.7 Å². The summed E-state index contributed by atoms with van der Waals surface area (Å²) in [4.78, 5) is 14.5. The Balaban J connectivity index is 1.86. The topological polar surface area (TPSA) is 66.5 Å². The van der Waals surface area contributed by atoms with Crippen LogP contribution in [0.2, 0.25) is 0 Å². The largest absolute Gasteiger partial charge is 0.496 e. The van der Waals surface area contributed by atoms with Gasteiger partial charge in [-0.3, -0.25) is 4.79 Å². The third kappa shape index (κ3) is 4.38. The van der Waals surface area contributed by atoms with Crippen molar-refractivity contribution in [1.82, 2.24) is 4.90 Å². The van der Waals surface area contributed by atoms with Crippen molar-refractivity contribution >= 4 is 17.7 Å². The van der Waals surface area contributed by atoms with E-state index < -0.39 is 0 Å². The van der Waals surface area contributed by atoms with Crippen LogP contribution in [-0.4, -0.2) is 58.7 Å². The first-order valence-corrected chi connectivity index (χ1v) is 10.5. The van der Waals surface area contributed by atoms with Crippen molar-refractivity contribution in [3.63, 3.8) is 0 Å². The second-order valence-corrected chi connectivity index (χ2v) is 7.70. The Morgan fingerprint density at radius 2 is 1.50 bits per heavy atom. The molecule has 1 aliphatic rings. The molecule has 1 heterocycles. The number of hydrogen-bond acceptors (Lipinski definition) is 7. The molecule has 8 heteroatoms. The number of benzene rings is 2. The lowest BCUT2D eigenvalue weighted by molar-refractivity contribution is -0.128. The Morgan fingerprint density at radius 3 is 2.07 bits per heavy atom. The van der Waals surface area contributed by atoms with Crippen LogP contribution in [0.15, 0.2) is 30.3 Å². The molecule has 1 saturated heterocycles. The molecule has 0 radical (unpaired) electrons. The number of hydrogen-bond donors (Lipinski definition) is 0. The SMILES string of the molecule is COc1cc(OC)c(C2SCC(=O)N2CCc2ccc(OC)c(OC)c2)c(OC)c1. The van der Waals surface area contributed by atoms with E-state index in [1.165, 1.54) is 0 Å². The molecule has 2 aromatic carbocycles. The first-order valence-electron chi connectivity index (χ1n) is 9.48. The number of amides is 1. The minimum atomic E-state index is -0.201. The molecule has 30 heavy (non-hydrogen) atoms. The molecule has 1 unspecified atom stereocenters. The molecular formula is C22H27NO6S. The van der Waals surface area contributed by atoms with Gasteiger partial charge < -0.3 is 28.6 Å². The maximum atomic E-state index is 12.7. The van der Waals surface area contributed by atoms with Crippen LogP contribution in [0.3, 0.4) is 0 Å². The second-order valence-electron chi connectivity index (χ2n) is 6.64. The van der Waals surface area contributed by atoms with Gasteiger partial charge in [-0.1, -0.05) is 6.07 Å². The molecule has 162 valence electrons. The zero-order valence-electron chi connectivity index (χ0n) is 17.9. The average molecular weight is 434 g/mol. The lowest BCUT2D eigenvalue weighted by atomic mass is 10.1. The number of nitrogens with zero attached hydrogens (tertiary/aromatic N) is 1. The summed E-state index contributed by atoms with van der Waals surface area (Å²) in [5.41, 5.74) is 1.90. The molecule has 0 bridgehead atoms. The predicted molar refractivity (Wildman–Crippen MR) is 116 cm³/mol. The van der Waals surface area contributed by atoms with Crippen molar-refractivity contribution in [2.75, 3.05) is 47.8 Å². The fourth-order valence-corrected chi connectivity index (χ4v) is 4.76. The van der Waals surface area contributed by atoms with Gasteiger partial charge in [-0.2, -0.15) is 0 Å². The van der Waals surface area contributed by atoms with Crippen LogP contribution in [0.1, 0.15) is 16.5 Å². The summed E-state index contributed by atoms with van der Waals surface area (Å²) in [7, 11) is 8.02. The Labute approximate surface area is 181 Å². The molecule has 0 aromatic heterocycles. The third-order valence-electron chi connectivity index (χ3n) is 5.06. The quantitative estimate of drug-likeness (QED) is 0.599. The standard InChI is InChI=1S/C22H27NO6S/c1-25-15-11-18(28-4)21(19(12-15)29-5)22-23(20(24)13-30-22)9-8-14-6-7-16(26-2)17(10-14)27-3/h6-7,10-12,22H,8-9,13H2,1-5H3. The van der Waals surface area contributed by atoms with E-state index in [0.717, 1.165) is 11.1 Å². The van der Waals surface area contributed by atoms with Gasteiger partial charge in [0.15, 0.2) is 11.5 Å². The van der Waals surface area contributed by atoms with Gasteiger partial charge in [-0.25, -0.2) is 0 Å². The number of carbonyl (C=O) groups is 1. The van der Waals surface area contributed by atoms with Gasteiger partial charge in [0.1, 0.15) is 22.6 Å². The molecule has 0 aliphatic carbocycles. The number of carbonyl (C=O) groups excluding carboxylic acids is 1. The lowest BCUT2D eigenvalue weighted by Crippen LogP contribution is -2.30. The van der Waals surface area contributed by atoms with Crippen molar-refractivity contribution in [2.24, 2.45) is 0 Å². The van der Waals surface area contributed by atoms with Crippen LogP contribution in [-0.2, 0) is 11.2 Å². The maximum absolute atomic E-state index is 12.7. The van der Waals surface area contributed by atoms with Gasteiger partial charge in [0.05, 0.1) is 46.9 Å². The third-order valence-corrected chi connectivity index (χ3v) is 6.28. The van der Waals surface area contributed by atoms with E-state index in [9.17, 15) is 4.79 Å². The molecule has 0 N–H and O–H groups in total. The maximum Gasteiger partial charge on any atom is 0.233 e. The molecule has 1 aliphatic heterocycles. The molecule has 1 fully saturated rings. The second kappa shape index (κ2) is 9.84. The summed E-state index contributed by atoms with van der Waals surface area (Å²) < 4.78 is 27.2. The fourth-order valence-electron chi connectivity index (χ4n) is 3.50. The summed E-state index contributed by atoms with van der Waals surface area (Å²) in [6.07, 6.45) is 0.684. The molecule has 0 spiro atoms. The molecule has 1 amide bonds. The summed E-state index contributed by atoms with van der Waals surface area (Å²) in [6.45, 7) is 0.560. The Morgan fingerprint density at radius 1 is 0.867 bits per heavy atom. The van der Waals surface area contributed by atoms with Gasteiger partial charge in [0.2, 0.25) is 5.91 Å². The van der Waals surface area contributed by atoms with E-state index in [2.05, 4.69) is 0 Å². The van der Waals surface area contributed by atoms with Gasteiger partial charge in [-0.15, -0.1) is 11.8 Å². The lowest BCUT2D eigenvalue weighted by Gasteiger charge is -2.27. The van der Waals surface area contributed by atoms with Crippen molar-refractivity contribution in [2.45, 2.75) is 11.8 Å². The molecule has 7 nitrogen and oxygen atoms in total. The zero-order chi connectivity index (χ0) is 21.7. The smallest absolute Gasteiger partial charge is 0.233 e. The molecule has 2 aromatic rings. The van der Waals surface area contributed by atoms with Crippen molar-refractivity contribution in [3.05, 3.63) is 41.5 Å². The first-order chi connectivity index (χ1) is 14.6. The van der Waals surface area contributed by atoms with E-state index in [1.54, 1.807) is 47.3 Å². The number of ether oxygens (including phenoxy) is 5. The summed E-state index contributed by atoms with van der Waals surface area (Å²) in [5, 5.41) is -0.201. The van der Waals surface area contributed by atoms with E-state index >= 15 is 0 Å². The van der Waals surface area contributed by atoms with E-state index in [1.807, 2.05) is 35.2 Å². The fraction of sp³-hybridized carbons (Fsp3) is 0.409. The van der Waals surface area contributed by atoms with Crippen LogP contribution in [0.5, 0.6) is 28.7 Å². The highest BCUT2D eigenvalue weighted by Gasteiger charge is 2.36. The highest BCUT2D eigenvalue weighted by molar-refractivity contribution is 8.00. The molecule has 1 atom stereocenters. The van der Waals surface area contributed by atoms with Gasteiger partial charge in [0, 0.05) is 18.7 Å². The summed E-state index contributed by atoms with van der Waals surface area (Å²) in [6, 6.07) is 9.43. The van der Waals surface area contributed by atoms with Crippen LogP contribution >= 0.6 is 11.8 Å². The monoisotopic (exact) mass is 433 g/mol. The zero-order valence-corrected chi connectivity index (χ0v) is 18.7. The van der Waals surface area contributed by atoms with Gasteiger partial charge in [0.25, 0.3) is 0 Å². The van der Waals surface area contributed by atoms with E-state index in [-0.39, 0.29) is 11.3 Å². The van der Waals surface area contributed by atoms with Crippen LogP contribution in [0.4, 0.5) is 0 Å². The van der Waals surface area contributed by atoms with Gasteiger partial charge in [-0.05, 0) is 24.1 Å². The average Bonchev–Trinajstić information content (AvgIpc) is 3.15. The van der Waals surface area contributed by atoms with E-state index in [0.29, 0.717) is 47.5 Å². The highest BCUT2D eigenvalue weighted by Crippen LogP contribution is 2.48. The Bertz CT molecular complexity index is 878. The van der Waals surface area contributed by atoms with Crippen LogP contribution < -0.4 is 23.7 Å². The van der Waals surface area contributed by atoms with E-state index in [4.69, 9.17) is 23.7 Å². The van der Waals surface area contributed by atoms with Crippen LogP contribution in [0.25, 0.3) is 0 Å². The molecular weight excluding hydrogens is 406 g/mol. The summed E-state index contributed by atoms with van der Waals surface area (Å²) >= 11 is 1.56. The number of thioether (sulfide) groups is 1. The minimum Gasteiger partial charge on any atom is -0.496 e. The predicted octanol–water partition coefficient (Wildman–Crippen LogP) is 3.55. The molecule has 0 saturated carbocycles. The first kappa shape index (κ1) is 22.0. The Hall–Kier alpha value is -2.74. The summed E-state index contributed by atoms with van der Waals surface area (Å²) in [5.74, 6) is 3.76. The van der Waals surface area contributed by atoms with Crippen LogP contribution in [0, 0.1) is 0 Å². The van der Waals surface area contributed by atoms with Crippen molar-refractivity contribution < 1.29 is 28.5 Å². The molecule has 3 rings (SSSR count). The minimum absolute atomic E-state index is 0.0883. The van der Waals surface area contributed by atoms with Gasteiger partial charge >= 0.3 is 0 Å².